The number of hydrogen-bond donors (Lipinski definition) is 1. The maximum Gasteiger partial charge on any atom is 0.0406 e. The molecule has 0 aromatic heterocycles. The summed E-state index contributed by atoms with van der Waals surface area (Å²) >= 11 is 5.80. The van der Waals surface area contributed by atoms with Gasteiger partial charge < -0.3 is 5.73 Å². The minimum atomic E-state index is 0.343. The lowest BCUT2D eigenvalue weighted by molar-refractivity contribution is 0.561. The van der Waals surface area contributed by atoms with Crippen LogP contribution in [0.2, 0.25) is 5.02 Å². The smallest absolute Gasteiger partial charge is 0.0406 e. The number of halogens is 1. The first-order chi connectivity index (χ1) is 6.72. The van der Waals surface area contributed by atoms with Gasteiger partial charge in [0.25, 0.3) is 0 Å². The van der Waals surface area contributed by atoms with Gasteiger partial charge in [0.2, 0.25) is 0 Å². The second-order valence-corrected chi connectivity index (χ2v) is 4.15. The first-order valence-electron chi connectivity index (χ1n) is 5.22. The molecule has 1 nitrogen and oxygen atoms in total. The van der Waals surface area contributed by atoms with Crippen molar-refractivity contribution < 1.29 is 0 Å². The molecule has 0 aliphatic heterocycles. The molecule has 78 valence electrons. The monoisotopic (exact) mass is 211 g/mol. The molecule has 1 unspecified atom stereocenters. The highest BCUT2D eigenvalue weighted by Crippen LogP contribution is 2.12. The fourth-order valence-electron chi connectivity index (χ4n) is 1.52. The Morgan fingerprint density at radius 2 is 1.86 bits per heavy atom. The lowest BCUT2D eigenvalue weighted by Gasteiger charge is -2.09. The van der Waals surface area contributed by atoms with Crippen LogP contribution in [0.1, 0.15) is 31.7 Å². The average molecular weight is 212 g/mol. The van der Waals surface area contributed by atoms with Crippen LogP contribution < -0.4 is 5.73 Å². The Bertz CT molecular complexity index is 256. The van der Waals surface area contributed by atoms with Crippen LogP contribution in [0.4, 0.5) is 0 Å². The van der Waals surface area contributed by atoms with E-state index >= 15 is 0 Å². The summed E-state index contributed by atoms with van der Waals surface area (Å²) in [7, 11) is 0. The van der Waals surface area contributed by atoms with Crippen LogP contribution in [-0.2, 0) is 6.42 Å². The highest BCUT2D eigenvalue weighted by molar-refractivity contribution is 6.30. The van der Waals surface area contributed by atoms with Crippen molar-refractivity contribution in [2.45, 2.75) is 38.6 Å². The third kappa shape index (κ3) is 4.12. The molecule has 0 amide bonds. The molecule has 0 spiro atoms. The van der Waals surface area contributed by atoms with Crippen LogP contribution in [0, 0.1) is 0 Å². The molecular weight excluding hydrogens is 194 g/mol. The predicted octanol–water partition coefficient (Wildman–Crippen LogP) is 3.40. The third-order valence-corrected chi connectivity index (χ3v) is 2.63. The van der Waals surface area contributed by atoms with E-state index in [0.29, 0.717) is 6.04 Å². The van der Waals surface area contributed by atoms with Crippen molar-refractivity contribution in [3.63, 3.8) is 0 Å². The van der Waals surface area contributed by atoms with E-state index in [4.69, 9.17) is 17.3 Å². The summed E-state index contributed by atoms with van der Waals surface area (Å²) in [6, 6.07) is 8.35. The summed E-state index contributed by atoms with van der Waals surface area (Å²) in [6.45, 7) is 2.17. The molecule has 2 N–H and O–H groups in total. The Labute approximate surface area is 91.3 Å². The van der Waals surface area contributed by atoms with Gasteiger partial charge in [-0.2, -0.15) is 0 Å². The molecule has 0 saturated carbocycles. The number of aryl methyl sites for hydroxylation is 1. The maximum absolute atomic E-state index is 5.94. The van der Waals surface area contributed by atoms with E-state index in [2.05, 4.69) is 19.1 Å². The number of nitrogens with two attached hydrogens (primary N) is 1. The van der Waals surface area contributed by atoms with Crippen LogP contribution in [0.15, 0.2) is 24.3 Å². The predicted molar refractivity (Wildman–Crippen MR) is 62.7 cm³/mol. The topological polar surface area (TPSA) is 26.0 Å². The van der Waals surface area contributed by atoms with Gasteiger partial charge >= 0.3 is 0 Å². The number of rotatable bonds is 5. The molecule has 0 radical (unpaired) electrons. The van der Waals surface area contributed by atoms with Crippen molar-refractivity contribution in [1.82, 2.24) is 0 Å². The highest BCUT2D eigenvalue weighted by atomic mass is 35.5. The molecule has 0 saturated heterocycles. The van der Waals surface area contributed by atoms with E-state index in [1.807, 2.05) is 12.1 Å². The number of hydrogen-bond acceptors (Lipinski definition) is 1. The SMILES string of the molecule is CCCC(N)CCc1ccc(Cl)cc1. The van der Waals surface area contributed by atoms with E-state index in [1.54, 1.807) is 0 Å². The fourth-order valence-corrected chi connectivity index (χ4v) is 1.64. The Balaban J connectivity index is 2.34. The van der Waals surface area contributed by atoms with Crippen molar-refractivity contribution in [3.8, 4) is 0 Å². The quantitative estimate of drug-likeness (QED) is 0.794. The van der Waals surface area contributed by atoms with Crippen LogP contribution >= 0.6 is 11.6 Å². The first kappa shape index (κ1) is 11.5. The van der Waals surface area contributed by atoms with Crippen molar-refractivity contribution in [1.29, 1.82) is 0 Å². The minimum Gasteiger partial charge on any atom is -0.328 e. The van der Waals surface area contributed by atoms with Gasteiger partial charge in [0, 0.05) is 11.1 Å². The molecule has 1 atom stereocenters. The maximum atomic E-state index is 5.94. The lowest BCUT2D eigenvalue weighted by Crippen LogP contribution is -2.20. The van der Waals surface area contributed by atoms with Crippen molar-refractivity contribution >= 4 is 11.6 Å². The number of benzene rings is 1. The summed E-state index contributed by atoms with van der Waals surface area (Å²) in [6.07, 6.45) is 4.41. The van der Waals surface area contributed by atoms with E-state index in [0.717, 1.165) is 24.3 Å². The van der Waals surface area contributed by atoms with E-state index in [9.17, 15) is 0 Å². The van der Waals surface area contributed by atoms with Crippen molar-refractivity contribution in [2.24, 2.45) is 5.73 Å². The summed E-state index contributed by atoms with van der Waals surface area (Å²) < 4.78 is 0. The molecule has 0 heterocycles. The van der Waals surface area contributed by atoms with Crippen molar-refractivity contribution in [2.75, 3.05) is 0 Å². The largest absolute Gasteiger partial charge is 0.328 e. The van der Waals surface area contributed by atoms with Gasteiger partial charge in [-0.25, -0.2) is 0 Å². The Morgan fingerprint density at radius 3 is 2.43 bits per heavy atom. The van der Waals surface area contributed by atoms with Crippen LogP contribution in [-0.4, -0.2) is 6.04 Å². The van der Waals surface area contributed by atoms with Crippen LogP contribution in [0.5, 0.6) is 0 Å². The molecule has 0 fully saturated rings. The normalized spacial score (nSPS) is 12.8. The molecule has 0 aliphatic carbocycles. The molecule has 1 rings (SSSR count). The Morgan fingerprint density at radius 1 is 1.21 bits per heavy atom. The van der Waals surface area contributed by atoms with Gasteiger partial charge in [-0.15, -0.1) is 0 Å². The molecule has 0 aliphatic rings. The summed E-state index contributed by atoms with van der Waals surface area (Å²) in [5.41, 5.74) is 7.26. The summed E-state index contributed by atoms with van der Waals surface area (Å²) in [4.78, 5) is 0. The van der Waals surface area contributed by atoms with Gasteiger partial charge in [-0.1, -0.05) is 37.1 Å². The van der Waals surface area contributed by atoms with E-state index < -0.39 is 0 Å². The standard InChI is InChI=1S/C12H18ClN/c1-2-3-12(14)9-6-10-4-7-11(13)8-5-10/h4-5,7-8,12H,2-3,6,9,14H2,1H3. The molecule has 1 aromatic carbocycles. The first-order valence-corrected chi connectivity index (χ1v) is 5.60. The second-order valence-electron chi connectivity index (χ2n) is 3.71. The van der Waals surface area contributed by atoms with Gasteiger partial charge in [-0.05, 0) is 37.0 Å². The lowest BCUT2D eigenvalue weighted by atomic mass is 10.0. The molecular formula is C12H18ClN. The Kier molecular flexibility index (Phi) is 4.99. The van der Waals surface area contributed by atoms with E-state index in [-0.39, 0.29) is 0 Å². The zero-order valence-corrected chi connectivity index (χ0v) is 9.43. The highest BCUT2D eigenvalue weighted by Gasteiger charge is 2.01. The Hall–Kier alpha value is -0.530. The summed E-state index contributed by atoms with van der Waals surface area (Å²) in [5.74, 6) is 0. The van der Waals surface area contributed by atoms with Crippen LogP contribution in [0.25, 0.3) is 0 Å². The van der Waals surface area contributed by atoms with Crippen LogP contribution in [0.3, 0.4) is 0 Å². The van der Waals surface area contributed by atoms with Gasteiger partial charge in [-0.3, -0.25) is 0 Å². The molecule has 0 bridgehead atoms. The zero-order valence-electron chi connectivity index (χ0n) is 8.67. The average Bonchev–Trinajstić information content (AvgIpc) is 2.17. The summed E-state index contributed by atoms with van der Waals surface area (Å²) in [5, 5.41) is 0.798. The zero-order chi connectivity index (χ0) is 10.4. The van der Waals surface area contributed by atoms with Gasteiger partial charge in [0.05, 0.1) is 0 Å². The minimum absolute atomic E-state index is 0.343. The second kappa shape index (κ2) is 6.05. The van der Waals surface area contributed by atoms with E-state index in [1.165, 1.54) is 12.0 Å². The van der Waals surface area contributed by atoms with Crippen molar-refractivity contribution in [3.05, 3.63) is 34.9 Å². The molecule has 2 heteroatoms. The molecule has 1 aromatic rings. The van der Waals surface area contributed by atoms with Gasteiger partial charge in [0.15, 0.2) is 0 Å². The molecule has 14 heavy (non-hydrogen) atoms. The van der Waals surface area contributed by atoms with Gasteiger partial charge in [0.1, 0.15) is 0 Å². The third-order valence-electron chi connectivity index (χ3n) is 2.38. The fraction of sp³-hybridized carbons (Fsp3) is 0.500.